The number of aliphatic hydroxyl groups excluding tert-OH is 1. The summed E-state index contributed by atoms with van der Waals surface area (Å²) < 4.78 is 11.4. The first-order valence-electron chi connectivity index (χ1n) is 6.50. The zero-order valence-electron chi connectivity index (χ0n) is 11.6. The topological polar surface area (TPSA) is 38.7 Å². The average molecular weight is 250 g/mol. The number of ether oxygens (including phenoxy) is 2. The number of rotatable bonds is 4. The van der Waals surface area contributed by atoms with Crippen LogP contribution in [0.1, 0.15) is 32.3 Å². The molecule has 3 atom stereocenters. The molecule has 0 saturated heterocycles. The molecule has 2 rings (SSSR count). The number of benzene rings is 1. The molecule has 3 nitrogen and oxygen atoms in total. The molecular formula is C15H22O3. The van der Waals surface area contributed by atoms with E-state index in [1.165, 1.54) is 0 Å². The Labute approximate surface area is 109 Å². The lowest BCUT2D eigenvalue weighted by molar-refractivity contribution is -0.147. The quantitative estimate of drug-likeness (QED) is 0.893. The fourth-order valence-corrected chi connectivity index (χ4v) is 2.47. The summed E-state index contributed by atoms with van der Waals surface area (Å²) in [7, 11) is 1.65. The van der Waals surface area contributed by atoms with Crippen molar-refractivity contribution in [3.63, 3.8) is 0 Å². The normalized spacial score (nSPS) is 30.7. The third-order valence-electron chi connectivity index (χ3n) is 4.28. The Hall–Kier alpha value is -1.22. The molecule has 1 aromatic rings. The highest BCUT2D eigenvalue weighted by molar-refractivity contribution is 5.43. The average Bonchev–Trinajstić information content (AvgIpc) is 2.38. The molecule has 1 aliphatic rings. The Bertz CT molecular complexity index is 430. The van der Waals surface area contributed by atoms with E-state index in [1.807, 2.05) is 25.1 Å². The van der Waals surface area contributed by atoms with Gasteiger partial charge in [-0.05, 0) is 31.0 Å². The summed E-state index contributed by atoms with van der Waals surface area (Å²) in [5.41, 5.74) is 1.00. The van der Waals surface area contributed by atoms with Gasteiger partial charge in [-0.3, -0.25) is 0 Å². The highest BCUT2D eigenvalue weighted by Gasteiger charge is 2.51. The minimum absolute atomic E-state index is 0.0640. The minimum atomic E-state index is -0.260. The third-order valence-corrected chi connectivity index (χ3v) is 4.28. The van der Waals surface area contributed by atoms with Crippen LogP contribution >= 0.6 is 0 Å². The van der Waals surface area contributed by atoms with Gasteiger partial charge in [0, 0.05) is 11.8 Å². The van der Waals surface area contributed by atoms with Crippen molar-refractivity contribution in [2.75, 3.05) is 7.11 Å². The predicted octanol–water partition coefficient (Wildman–Crippen LogP) is 2.93. The summed E-state index contributed by atoms with van der Waals surface area (Å²) in [4.78, 5) is 0. The third kappa shape index (κ3) is 2.07. The summed E-state index contributed by atoms with van der Waals surface area (Å²) in [5.74, 6) is 1.52. The minimum Gasteiger partial charge on any atom is -0.493 e. The van der Waals surface area contributed by atoms with E-state index in [1.54, 1.807) is 7.11 Å². The van der Waals surface area contributed by atoms with E-state index in [0.717, 1.165) is 23.5 Å². The maximum Gasteiger partial charge on any atom is 0.161 e. The van der Waals surface area contributed by atoms with E-state index >= 15 is 0 Å². The molecule has 0 aromatic heterocycles. The van der Waals surface area contributed by atoms with Gasteiger partial charge in [0.2, 0.25) is 0 Å². The Morgan fingerprint density at radius 2 is 2.11 bits per heavy atom. The summed E-state index contributed by atoms with van der Waals surface area (Å²) in [5, 5.41) is 9.87. The van der Waals surface area contributed by atoms with Gasteiger partial charge in [-0.15, -0.1) is 0 Å². The summed E-state index contributed by atoms with van der Waals surface area (Å²) >= 11 is 0. The van der Waals surface area contributed by atoms with E-state index < -0.39 is 0 Å². The van der Waals surface area contributed by atoms with Crippen LogP contribution in [-0.2, 0) is 0 Å². The van der Waals surface area contributed by atoms with Crippen LogP contribution in [0.2, 0.25) is 0 Å². The predicted molar refractivity (Wildman–Crippen MR) is 71.2 cm³/mol. The summed E-state index contributed by atoms with van der Waals surface area (Å²) in [6.07, 6.45) is 1.41. The fraction of sp³-hybridized carbons (Fsp3) is 0.600. The Kier molecular flexibility index (Phi) is 3.53. The van der Waals surface area contributed by atoms with Gasteiger partial charge in [-0.25, -0.2) is 0 Å². The van der Waals surface area contributed by atoms with Gasteiger partial charge in [0.05, 0.1) is 13.2 Å². The van der Waals surface area contributed by atoms with E-state index in [9.17, 15) is 5.11 Å². The zero-order valence-corrected chi connectivity index (χ0v) is 11.6. The van der Waals surface area contributed by atoms with Gasteiger partial charge < -0.3 is 14.6 Å². The molecule has 1 saturated carbocycles. The summed E-state index contributed by atoms with van der Waals surface area (Å²) in [6, 6.07) is 5.92. The van der Waals surface area contributed by atoms with Gasteiger partial charge in [-0.1, -0.05) is 19.9 Å². The van der Waals surface area contributed by atoms with Gasteiger partial charge in [0.15, 0.2) is 11.5 Å². The number of hydrogen-bond acceptors (Lipinski definition) is 3. The molecule has 3 heteroatoms. The first kappa shape index (κ1) is 13.2. The van der Waals surface area contributed by atoms with Crippen LogP contribution in [0.3, 0.4) is 0 Å². The standard InChI is InChI=1S/C15H22O3/c1-5-15(3)13(16)9-14(15)18-11-7-6-10(2)8-12(11)17-4/h6-8,13-14,16H,5,9H2,1-4H3. The lowest BCUT2D eigenvalue weighted by atomic mass is 9.63. The lowest BCUT2D eigenvalue weighted by Crippen LogP contribution is -2.57. The van der Waals surface area contributed by atoms with Gasteiger partial charge in [0.25, 0.3) is 0 Å². The molecule has 1 aromatic carbocycles. The van der Waals surface area contributed by atoms with Crippen molar-refractivity contribution < 1.29 is 14.6 Å². The molecular weight excluding hydrogens is 228 g/mol. The maximum atomic E-state index is 9.87. The van der Waals surface area contributed by atoms with Gasteiger partial charge in [-0.2, -0.15) is 0 Å². The summed E-state index contributed by atoms with van der Waals surface area (Å²) in [6.45, 7) is 6.19. The van der Waals surface area contributed by atoms with Crippen molar-refractivity contribution in [3.8, 4) is 11.5 Å². The van der Waals surface area contributed by atoms with Crippen molar-refractivity contribution in [1.82, 2.24) is 0 Å². The number of methoxy groups -OCH3 is 1. The van der Waals surface area contributed by atoms with Crippen LogP contribution in [0, 0.1) is 12.3 Å². The molecule has 3 unspecified atom stereocenters. The molecule has 0 heterocycles. The monoisotopic (exact) mass is 250 g/mol. The molecule has 18 heavy (non-hydrogen) atoms. The van der Waals surface area contributed by atoms with Crippen molar-refractivity contribution in [2.24, 2.45) is 5.41 Å². The zero-order chi connectivity index (χ0) is 13.3. The van der Waals surface area contributed by atoms with E-state index in [2.05, 4.69) is 13.8 Å². The van der Waals surface area contributed by atoms with Gasteiger partial charge >= 0.3 is 0 Å². The first-order chi connectivity index (χ1) is 8.51. The van der Waals surface area contributed by atoms with Crippen molar-refractivity contribution in [1.29, 1.82) is 0 Å². The number of hydrogen-bond donors (Lipinski definition) is 1. The van der Waals surface area contributed by atoms with E-state index in [0.29, 0.717) is 6.42 Å². The van der Waals surface area contributed by atoms with Crippen LogP contribution in [-0.4, -0.2) is 24.4 Å². The van der Waals surface area contributed by atoms with Crippen molar-refractivity contribution in [3.05, 3.63) is 23.8 Å². The van der Waals surface area contributed by atoms with Gasteiger partial charge in [0.1, 0.15) is 6.10 Å². The molecule has 1 N–H and O–H groups in total. The first-order valence-corrected chi connectivity index (χ1v) is 6.50. The lowest BCUT2D eigenvalue weighted by Gasteiger charge is -2.50. The maximum absolute atomic E-state index is 9.87. The highest BCUT2D eigenvalue weighted by Crippen LogP contribution is 2.47. The van der Waals surface area contributed by atoms with Crippen molar-refractivity contribution >= 4 is 0 Å². The smallest absolute Gasteiger partial charge is 0.161 e. The Balaban J connectivity index is 2.15. The van der Waals surface area contributed by atoms with Crippen LogP contribution in [0.15, 0.2) is 18.2 Å². The van der Waals surface area contributed by atoms with Crippen LogP contribution in [0.25, 0.3) is 0 Å². The molecule has 100 valence electrons. The van der Waals surface area contributed by atoms with Crippen LogP contribution in [0.5, 0.6) is 11.5 Å². The second kappa shape index (κ2) is 4.81. The second-order valence-electron chi connectivity index (χ2n) is 5.37. The second-order valence-corrected chi connectivity index (χ2v) is 5.37. The number of aryl methyl sites for hydroxylation is 1. The molecule has 0 amide bonds. The van der Waals surface area contributed by atoms with Crippen LogP contribution in [0.4, 0.5) is 0 Å². The molecule has 0 bridgehead atoms. The molecule has 0 spiro atoms. The van der Waals surface area contributed by atoms with E-state index in [4.69, 9.17) is 9.47 Å². The SMILES string of the molecule is CCC1(C)C(O)CC1Oc1ccc(C)cc1OC. The van der Waals surface area contributed by atoms with Crippen molar-refractivity contribution in [2.45, 2.75) is 45.8 Å². The molecule has 1 fully saturated rings. The Morgan fingerprint density at radius 3 is 2.67 bits per heavy atom. The van der Waals surface area contributed by atoms with Crippen LogP contribution < -0.4 is 9.47 Å². The van der Waals surface area contributed by atoms with E-state index in [-0.39, 0.29) is 17.6 Å². The molecule has 0 radical (unpaired) electrons. The highest BCUT2D eigenvalue weighted by atomic mass is 16.5. The Morgan fingerprint density at radius 1 is 1.39 bits per heavy atom. The number of aliphatic hydroxyl groups is 1. The fourth-order valence-electron chi connectivity index (χ4n) is 2.47. The molecule has 0 aliphatic heterocycles. The largest absolute Gasteiger partial charge is 0.493 e. The molecule has 1 aliphatic carbocycles.